The molecule has 0 aromatic heterocycles. The maximum Gasteiger partial charge on any atom is 0.308 e. The Bertz CT molecular complexity index is 437. The maximum absolute atomic E-state index is 10.9. The largest absolute Gasteiger partial charge is 0.427 e. The van der Waals surface area contributed by atoms with E-state index < -0.39 is 0 Å². The van der Waals surface area contributed by atoms with Crippen LogP contribution in [-0.2, 0) is 10.2 Å². The van der Waals surface area contributed by atoms with Gasteiger partial charge in [-0.1, -0.05) is 25.5 Å². The third kappa shape index (κ3) is 3.16. The summed E-state index contributed by atoms with van der Waals surface area (Å²) in [4.78, 5) is 13.3. The standard InChI is InChI=1S/C16H23NO2/c1-4-9-16(10-11-17(3)12-16)14-5-7-15(8-6-14)19-13(2)18/h5-8H,4,9-12H2,1-3H3. The van der Waals surface area contributed by atoms with Crippen LogP contribution in [-0.4, -0.2) is 31.0 Å². The van der Waals surface area contributed by atoms with Gasteiger partial charge in [-0.3, -0.25) is 4.79 Å². The zero-order valence-corrected chi connectivity index (χ0v) is 12.1. The molecule has 0 amide bonds. The van der Waals surface area contributed by atoms with E-state index >= 15 is 0 Å². The molecule has 0 saturated carbocycles. The van der Waals surface area contributed by atoms with Crippen molar-refractivity contribution in [2.75, 3.05) is 20.1 Å². The van der Waals surface area contributed by atoms with Gasteiger partial charge in [-0.2, -0.15) is 0 Å². The zero-order valence-electron chi connectivity index (χ0n) is 12.1. The number of rotatable bonds is 4. The lowest BCUT2D eigenvalue weighted by Crippen LogP contribution is -2.29. The number of benzene rings is 1. The Hall–Kier alpha value is -1.35. The van der Waals surface area contributed by atoms with Crippen molar-refractivity contribution in [1.29, 1.82) is 0 Å². The Labute approximate surface area is 115 Å². The Morgan fingerprint density at radius 1 is 1.37 bits per heavy atom. The monoisotopic (exact) mass is 261 g/mol. The van der Waals surface area contributed by atoms with Gasteiger partial charge in [0.25, 0.3) is 0 Å². The third-order valence-electron chi connectivity index (χ3n) is 4.00. The molecule has 1 saturated heterocycles. The van der Waals surface area contributed by atoms with E-state index in [2.05, 4.69) is 31.0 Å². The molecule has 3 heteroatoms. The first-order valence-corrected chi connectivity index (χ1v) is 7.03. The number of esters is 1. The van der Waals surface area contributed by atoms with Crippen LogP contribution < -0.4 is 4.74 Å². The molecular weight excluding hydrogens is 238 g/mol. The van der Waals surface area contributed by atoms with Gasteiger partial charge in [0, 0.05) is 18.9 Å². The summed E-state index contributed by atoms with van der Waals surface area (Å²) in [5.74, 6) is 0.367. The van der Waals surface area contributed by atoms with Crippen molar-refractivity contribution in [2.45, 2.75) is 38.5 Å². The third-order valence-corrected chi connectivity index (χ3v) is 4.00. The second-order valence-corrected chi connectivity index (χ2v) is 5.64. The summed E-state index contributed by atoms with van der Waals surface area (Å²) in [7, 11) is 2.19. The summed E-state index contributed by atoms with van der Waals surface area (Å²) in [6.45, 7) is 5.95. The lowest BCUT2D eigenvalue weighted by Gasteiger charge is -2.29. The summed E-state index contributed by atoms with van der Waals surface area (Å²) < 4.78 is 5.10. The fourth-order valence-electron chi connectivity index (χ4n) is 3.18. The van der Waals surface area contributed by atoms with E-state index in [1.807, 2.05) is 12.1 Å². The predicted molar refractivity (Wildman–Crippen MR) is 76.5 cm³/mol. The molecule has 0 spiro atoms. The van der Waals surface area contributed by atoms with Crippen molar-refractivity contribution in [3.8, 4) is 5.75 Å². The lowest BCUT2D eigenvalue weighted by atomic mass is 9.76. The number of ether oxygens (including phenoxy) is 1. The van der Waals surface area contributed by atoms with Gasteiger partial charge in [0.15, 0.2) is 0 Å². The van der Waals surface area contributed by atoms with Gasteiger partial charge in [-0.05, 0) is 44.1 Å². The fraction of sp³-hybridized carbons (Fsp3) is 0.562. The van der Waals surface area contributed by atoms with E-state index in [-0.39, 0.29) is 11.4 Å². The SMILES string of the molecule is CCCC1(c2ccc(OC(C)=O)cc2)CCN(C)C1. The number of nitrogens with zero attached hydrogens (tertiary/aromatic N) is 1. The molecule has 1 fully saturated rings. The Morgan fingerprint density at radius 3 is 2.53 bits per heavy atom. The Kier molecular flexibility index (Phi) is 4.25. The quantitative estimate of drug-likeness (QED) is 0.616. The summed E-state index contributed by atoms with van der Waals surface area (Å²) in [5, 5.41) is 0. The summed E-state index contributed by atoms with van der Waals surface area (Å²) >= 11 is 0. The highest BCUT2D eigenvalue weighted by molar-refractivity contribution is 5.69. The number of hydrogen-bond donors (Lipinski definition) is 0. The van der Waals surface area contributed by atoms with Crippen LogP contribution in [0.2, 0.25) is 0 Å². The first kappa shape index (κ1) is 14.1. The average molecular weight is 261 g/mol. The topological polar surface area (TPSA) is 29.5 Å². The predicted octanol–water partition coefficient (Wildman–Crippen LogP) is 2.99. The van der Waals surface area contributed by atoms with E-state index in [9.17, 15) is 4.79 Å². The van der Waals surface area contributed by atoms with Crippen molar-refractivity contribution >= 4 is 5.97 Å². The van der Waals surface area contributed by atoms with Gasteiger partial charge < -0.3 is 9.64 Å². The highest BCUT2D eigenvalue weighted by Gasteiger charge is 2.37. The van der Waals surface area contributed by atoms with Crippen LogP contribution in [0.15, 0.2) is 24.3 Å². The molecule has 0 aliphatic carbocycles. The van der Waals surface area contributed by atoms with Crippen molar-refractivity contribution in [3.63, 3.8) is 0 Å². The van der Waals surface area contributed by atoms with Crippen LogP contribution in [0.4, 0.5) is 0 Å². The van der Waals surface area contributed by atoms with Gasteiger partial charge in [0.1, 0.15) is 5.75 Å². The Morgan fingerprint density at radius 2 is 2.05 bits per heavy atom. The highest BCUT2D eigenvalue weighted by atomic mass is 16.5. The summed E-state index contributed by atoms with van der Waals surface area (Å²) in [6, 6.07) is 8.05. The number of likely N-dealkylation sites (N-methyl/N-ethyl adjacent to an activating group) is 1. The van der Waals surface area contributed by atoms with E-state index in [0.717, 1.165) is 13.1 Å². The average Bonchev–Trinajstić information content (AvgIpc) is 2.72. The van der Waals surface area contributed by atoms with E-state index in [1.165, 1.54) is 31.7 Å². The normalized spacial score (nSPS) is 23.5. The minimum atomic E-state index is -0.267. The smallest absolute Gasteiger partial charge is 0.308 e. The molecule has 19 heavy (non-hydrogen) atoms. The second kappa shape index (κ2) is 5.74. The molecule has 104 valence electrons. The second-order valence-electron chi connectivity index (χ2n) is 5.64. The Balaban J connectivity index is 2.21. The summed E-state index contributed by atoms with van der Waals surface area (Å²) in [5.41, 5.74) is 1.65. The van der Waals surface area contributed by atoms with Gasteiger partial charge in [0.2, 0.25) is 0 Å². The molecular formula is C16H23NO2. The van der Waals surface area contributed by atoms with Crippen LogP contribution >= 0.6 is 0 Å². The number of likely N-dealkylation sites (tertiary alicyclic amines) is 1. The zero-order chi connectivity index (χ0) is 13.9. The highest BCUT2D eigenvalue weighted by Crippen LogP contribution is 2.38. The molecule has 1 unspecified atom stereocenters. The molecule has 1 aromatic carbocycles. The van der Waals surface area contributed by atoms with E-state index in [4.69, 9.17) is 4.74 Å². The number of carbonyl (C=O) groups excluding carboxylic acids is 1. The van der Waals surface area contributed by atoms with Crippen molar-refractivity contribution in [1.82, 2.24) is 4.90 Å². The minimum absolute atomic E-state index is 0.267. The van der Waals surface area contributed by atoms with Crippen LogP contribution in [0, 0.1) is 0 Å². The van der Waals surface area contributed by atoms with Gasteiger partial charge in [0.05, 0.1) is 0 Å². The van der Waals surface area contributed by atoms with E-state index in [1.54, 1.807) is 0 Å². The molecule has 1 heterocycles. The van der Waals surface area contributed by atoms with E-state index in [0.29, 0.717) is 5.75 Å². The van der Waals surface area contributed by atoms with Gasteiger partial charge in [-0.25, -0.2) is 0 Å². The molecule has 1 aromatic rings. The number of carbonyl (C=O) groups is 1. The minimum Gasteiger partial charge on any atom is -0.427 e. The molecule has 0 N–H and O–H groups in total. The number of hydrogen-bond acceptors (Lipinski definition) is 3. The van der Waals surface area contributed by atoms with Crippen LogP contribution in [0.5, 0.6) is 5.75 Å². The van der Waals surface area contributed by atoms with Crippen molar-refractivity contribution in [2.24, 2.45) is 0 Å². The maximum atomic E-state index is 10.9. The molecule has 0 radical (unpaired) electrons. The molecule has 0 bridgehead atoms. The first-order valence-electron chi connectivity index (χ1n) is 7.03. The fourth-order valence-corrected chi connectivity index (χ4v) is 3.18. The van der Waals surface area contributed by atoms with Gasteiger partial charge >= 0.3 is 5.97 Å². The molecule has 2 rings (SSSR count). The van der Waals surface area contributed by atoms with Gasteiger partial charge in [-0.15, -0.1) is 0 Å². The summed E-state index contributed by atoms with van der Waals surface area (Å²) in [6.07, 6.45) is 3.62. The lowest BCUT2D eigenvalue weighted by molar-refractivity contribution is -0.131. The van der Waals surface area contributed by atoms with Crippen molar-refractivity contribution in [3.05, 3.63) is 29.8 Å². The van der Waals surface area contributed by atoms with Crippen LogP contribution in [0.1, 0.15) is 38.7 Å². The first-order chi connectivity index (χ1) is 9.05. The van der Waals surface area contributed by atoms with Crippen LogP contribution in [0.25, 0.3) is 0 Å². The molecule has 1 aliphatic heterocycles. The molecule has 1 aliphatic rings. The van der Waals surface area contributed by atoms with Crippen LogP contribution in [0.3, 0.4) is 0 Å². The molecule has 1 atom stereocenters. The molecule has 3 nitrogen and oxygen atoms in total. The van der Waals surface area contributed by atoms with Crippen molar-refractivity contribution < 1.29 is 9.53 Å².